The highest BCUT2D eigenvalue weighted by molar-refractivity contribution is 5.71. The standard InChI is InChI=1S/C57H98O6/c1-4-7-10-13-16-19-22-24-26-28-29-31-32-35-38-41-44-47-50-56(59)62-53-54(52-61-55(58)49-46-43-40-37-34-21-18-15-12-9-6-3)63-57(60)51-48-45-42-39-36-33-30-27-25-23-20-17-14-11-8-5-2/h15,18,21,26-31,33-34,36,54H,4-14,16-17,19-20,22-25,32,35,37-53H2,1-3H3/b18-15-,28-26-,30-27-,31-29-,34-21-,36-33-. The largest absolute Gasteiger partial charge is 0.462 e. The van der Waals surface area contributed by atoms with E-state index >= 15 is 0 Å². The van der Waals surface area contributed by atoms with Crippen LogP contribution in [0.3, 0.4) is 0 Å². The van der Waals surface area contributed by atoms with Crippen molar-refractivity contribution in [3.8, 4) is 0 Å². The van der Waals surface area contributed by atoms with Crippen molar-refractivity contribution < 1.29 is 28.6 Å². The summed E-state index contributed by atoms with van der Waals surface area (Å²) in [5.41, 5.74) is 0. The molecule has 0 aromatic heterocycles. The maximum absolute atomic E-state index is 12.8. The second-order valence-corrected chi connectivity index (χ2v) is 17.5. The van der Waals surface area contributed by atoms with Gasteiger partial charge in [0, 0.05) is 19.3 Å². The van der Waals surface area contributed by atoms with Crippen LogP contribution < -0.4 is 0 Å². The number of rotatable bonds is 47. The first-order chi connectivity index (χ1) is 31.0. The van der Waals surface area contributed by atoms with Gasteiger partial charge in [-0.1, -0.05) is 216 Å². The van der Waals surface area contributed by atoms with Crippen molar-refractivity contribution >= 4 is 17.9 Å². The van der Waals surface area contributed by atoms with Gasteiger partial charge in [-0.15, -0.1) is 0 Å². The Bertz CT molecular complexity index is 1190. The predicted molar refractivity (Wildman–Crippen MR) is 270 cm³/mol. The average molecular weight is 879 g/mol. The highest BCUT2D eigenvalue weighted by Crippen LogP contribution is 2.13. The average Bonchev–Trinajstić information content (AvgIpc) is 3.28. The minimum atomic E-state index is -0.806. The van der Waals surface area contributed by atoms with Crippen LogP contribution in [-0.4, -0.2) is 37.2 Å². The van der Waals surface area contributed by atoms with E-state index in [1.807, 2.05) is 0 Å². The van der Waals surface area contributed by atoms with Gasteiger partial charge < -0.3 is 14.2 Å². The normalized spacial score (nSPS) is 12.6. The van der Waals surface area contributed by atoms with Crippen LogP contribution in [0.15, 0.2) is 72.9 Å². The van der Waals surface area contributed by atoms with Crippen molar-refractivity contribution in [3.63, 3.8) is 0 Å². The van der Waals surface area contributed by atoms with E-state index in [1.165, 1.54) is 109 Å². The number of carbonyl (C=O) groups is 3. The van der Waals surface area contributed by atoms with Gasteiger partial charge in [0.2, 0.25) is 0 Å². The van der Waals surface area contributed by atoms with E-state index in [9.17, 15) is 14.4 Å². The Kier molecular flexibility index (Phi) is 48.9. The number of ether oxygens (including phenoxy) is 3. The molecule has 0 aliphatic rings. The molecule has 0 N–H and O–H groups in total. The molecule has 0 aromatic carbocycles. The molecule has 0 aromatic rings. The molecule has 63 heavy (non-hydrogen) atoms. The quantitative estimate of drug-likeness (QED) is 0.0262. The molecule has 0 rings (SSSR count). The lowest BCUT2D eigenvalue weighted by Gasteiger charge is -2.18. The number of hydrogen-bond donors (Lipinski definition) is 0. The van der Waals surface area contributed by atoms with Crippen molar-refractivity contribution in [2.75, 3.05) is 13.2 Å². The fraction of sp³-hybridized carbons (Fsp3) is 0.737. The van der Waals surface area contributed by atoms with Crippen LogP contribution in [0.4, 0.5) is 0 Å². The van der Waals surface area contributed by atoms with E-state index in [4.69, 9.17) is 14.2 Å². The second-order valence-electron chi connectivity index (χ2n) is 17.5. The van der Waals surface area contributed by atoms with Crippen LogP contribution in [0.1, 0.15) is 252 Å². The Morgan fingerprint density at radius 1 is 0.317 bits per heavy atom. The summed E-state index contributed by atoms with van der Waals surface area (Å²) in [5, 5.41) is 0. The van der Waals surface area contributed by atoms with Crippen molar-refractivity contribution in [3.05, 3.63) is 72.9 Å². The molecular formula is C57H98O6. The van der Waals surface area contributed by atoms with Gasteiger partial charge in [0.15, 0.2) is 6.10 Å². The summed E-state index contributed by atoms with van der Waals surface area (Å²) < 4.78 is 16.7. The van der Waals surface area contributed by atoms with Crippen molar-refractivity contribution in [1.29, 1.82) is 0 Å². The molecule has 0 heterocycles. The first-order valence-corrected chi connectivity index (χ1v) is 26.5. The molecule has 0 radical (unpaired) electrons. The van der Waals surface area contributed by atoms with Gasteiger partial charge in [-0.2, -0.15) is 0 Å². The van der Waals surface area contributed by atoms with Crippen molar-refractivity contribution in [1.82, 2.24) is 0 Å². The minimum absolute atomic E-state index is 0.103. The van der Waals surface area contributed by atoms with E-state index in [-0.39, 0.29) is 37.5 Å². The lowest BCUT2D eigenvalue weighted by atomic mass is 10.1. The zero-order valence-corrected chi connectivity index (χ0v) is 41.3. The Morgan fingerprint density at radius 3 is 0.905 bits per heavy atom. The zero-order chi connectivity index (χ0) is 45.8. The minimum Gasteiger partial charge on any atom is -0.462 e. The van der Waals surface area contributed by atoms with Crippen LogP contribution in [-0.2, 0) is 28.6 Å². The molecule has 0 fully saturated rings. The Labute approximate surface area is 389 Å². The Hall–Kier alpha value is -3.15. The number of carbonyl (C=O) groups excluding carboxylic acids is 3. The van der Waals surface area contributed by atoms with E-state index in [0.29, 0.717) is 12.8 Å². The molecule has 6 nitrogen and oxygen atoms in total. The molecule has 1 unspecified atom stereocenters. The molecule has 0 saturated heterocycles. The third-order valence-electron chi connectivity index (χ3n) is 11.2. The maximum atomic E-state index is 12.8. The summed E-state index contributed by atoms with van der Waals surface area (Å²) in [7, 11) is 0. The van der Waals surface area contributed by atoms with E-state index in [1.54, 1.807) is 0 Å². The van der Waals surface area contributed by atoms with E-state index in [2.05, 4.69) is 93.7 Å². The molecule has 0 spiro atoms. The molecule has 0 aliphatic carbocycles. The highest BCUT2D eigenvalue weighted by atomic mass is 16.6. The molecule has 6 heteroatoms. The molecule has 362 valence electrons. The lowest BCUT2D eigenvalue weighted by molar-refractivity contribution is -0.167. The second kappa shape index (κ2) is 51.5. The smallest absolute Gasteiger partial charge is 0.306 e. The molecule has 1 atom stereocenters. The number of allylic oxidation sites excluding steroid dienone is 12. The summed E-state index contributed by atoms with van der Waals surface area (Å²) in [6, 6.07) is 0. The fourth-order valence-corrected chi connectivity index (χ4v) is 7.16. The summed E-state index contributed by atoms with van der Waals surface area (Å²) >= 11 is 0. The summed E-state index contributed by atoms with van der Waals surface area (Å²) in [4.78, 5) is 37.9. The van der Waals surface area contributed by atoms with Gasteiger partial charge in [-0.05, 0) is 89.9 Å². The third kappa shape index (κ3) is 49.7. The van der Waals surface area contributed by atoms with Gasteiger partial charge in [-0.25, -0.2) is 0 Å². The SMILES string of the molecule is CCCC/C=C\C=C/CCCCCC(=O)OCC(COC(=O)CCCCCCC/C=C\C=C/CCCCCCCCC)OC(=O)CCCCC/C=C\C=C/CCCCCCCCC. The molecular weight excluding hydrogens is 781 g/mol. The zero-order valence-electron chi connectivity index (χ0n) is 41.3. The molecule has 0 saturated carbocycles. The van der Waals surface area contributed by atoms with Gasteiger partial charge in [-0.3, -0.25) is 14.4 Å². The highest BCUT2D eigenvalue weighted by Gasteiger charge is 2.19. The van der Waals surface area contributed by atoms with Gasteiger partial charge >= 0.3 is 17.9 Å². The summed E-state index contributed by atoms with van der Waals surface area (Å²) in [6.45, 7) is 6.52. The van der Waals surface area contributed by atoms with Gasteiger partial charge in [0.25, 0.3) is 0 Å². The first kappa shape index (κ1) is 59.9. The third-order valence-corrected chi connectivity index (χ3v) is 11.2. The van der Waals surface area contributed by atoms with E-state index < -0.39 is 6.10 Å². The van der Waals surface area contributed by atoms with Crippen molar-refractivity contribution in [2.24, 2.45) is 0 Å². The monoisotopic (exact) mass is 879 g/mol. The van der Waals surface area contributed by atoms with Gasteiger partial charge in [0.1, 0.15) is 13.2 Å². The topological polar surface area (TPSA) is 78.9 Å². The molecule has 0 aliphatic heterocycles. The fourth-order valence-electron chi connectivity index (χ4n) is 7.16. The number of unbranched alkanes of at least 4 members (excludes halogenated alkanes) is 27. The van der Waals surface area contributed by atoms with E-state index in [0.717, 1.165) is 103 Å². The van der Waals surface area contributed by atoms with Crippen LogP contribution in [0.2, 0.25) is 0 Å². The summed E-state index contributed by atoms with van der Waals surface area (Å²) in [5.74, 6) is -0.971. The number of hydrogen-bond acceptors (Lipinski definition) is 6. The molecule has 0 amide bonds. The van der Waals surface area contributed by atoms with Crippen LogP contribution >= 0.6 is 0 Å². The Morgan fingerprint density at radius 2 is 0.571 bits per heavy atom. The van der Waals surface area contributed by atoms with Crippen LogP contribution in [0, 0.1) is 0 Å². The van der Waals surface area contributed by atoms with Gasteiger partial charge in [0.05, 0.1) is 0 Å². The van der Waals surface area contributed by atoms with Crippen molar-refractivity contribution in [2.45, 2.75) is 258 Å². The number of esters is 3. The lowest BCUT2D eigenvalue weighted by Crippen LogP contribution is -2.30. The van der Waals surface area contributed by atoms with Crippen LogP contribution in [0.25, 0.3) is 0 Å². The first-order valence-electron chi connectivity index (χ1n) is 26.5. The Balaban J connectivity index is 4.45. The summed E-state index contributed by atoms with van der Waals surface area (Å²) in [6.07, 6.45) is 64.6. The predicted octanol–water partition coefficient (Wildman–Crippen LogP) is 17.4. The molecule has 0 bridgehead atoms. The van der Waals surface area contributed by atoms with Crippen LogP contribution in [0.5, 0.6) is 0 Å². The maximum Gasteiger partial charge on any atom is 0.306 e.